The second-order valence-electron chi connectivity index (χ2n) is 2.71. The molecule has 1 N–H and O–H groups in total. The molecule has 0 aromatic heterocycles. The van der Waals surface area contributed by atoms with E-state index in [0.717, 1.165) is 0 Å². The molecule has 1 atom stereocenters. The molecule has 0 aliphatic carbocycles. The molecule has 68 valence electrons. The highest BCUT2D eigenvalue weighted by atomic mass is 35.5. The molecule has 0 bridgehead atoms. The molecule has 0 fully saturated rings. The zero-order valence-electron chi connectivity index (χ0n) is 7.20. The fourth-order valence-electron chi connectivity index (χ4n) is 0.823. The maximum absolute atomic E-state index is 10.4. The summed E-state index contributed by atoms with van der Waals surface area (Å²) in [7, 11) is 3.76. The zero-order valence-corrected chi connectivity index (χ0v) is 8.02. The van der Waals surface area contributed by atoms with E-state index in [1.54, 1.807) is 0 Å². The number of halogens is 1. The summed E-state index contributed by atoms with van der Waals surface area (Å²) in [6, 6.07) is 0. The Morgan fingerprint density at radius 2 is 2.00 bits per heavy atom. The van der Waals surface area contributed by atoms with Crippen LogP contribution in [-0.2, 0) is 4.79 Å². The normalized spacial score (nSPS) is 12.4. The number of hydrogen-bond donors (Lipinski definition) is 1. The molecule has 0 amide bonds. The van der Waals surface area contributed by atoms with Gasteiger partial charge in [-0.3, -0.25) is 4.79 Å². The Morgan fingerprint density at radius 3 is 2.09 bits per heavy atom. The molecule has 0 radical (unpaired) electrons. The Labute approximate surface area is 73.8 Å². The van der Waals surface area contributed by atoms with Crippen LogP contribution in [-0.4, -0.2) is 36.6 Å². The Bertz CT molecular complexity index is 117. The van der Waals surface area contributed by atoms with E-state index in [-0.39, 0.29) is 18.3 Å². The van der Waals surface area contributed by atoms with Gasteiger partial charge in [-0.1, -0.05) is 6.92 Å². The quantitative estimate of drug-likeness (QED) is 0.706. The first-order chi connectivity index (χ1) is 4.57. The highest BCUT2D eigenvalue weighted by Gasteiger charge is 2.14. The van der Waals surface area contributed by atoms with Gasteiger partial charge in [0.2, 0.25) is 0 Å². The smallest absolute Gasteiger partial charge is 0.307 e. The van der Waals surface area contributed by atoms with Gasteiger partial charge in [-0.05, 0) is 20.5 Å². The van der Waals surface area contributed by atoms with Gasteiger partial charge in [0.1, 0.15) is 0 Å². The molecule has 0 saturated heterocycles. The number of carbonyl (C=O) groups is 1. The molecular formula is C7H16ClNO2. The number of aliphatic carboxylic acids is 1. The number of rotatable bonds is 4. The third-order valence-electron chi connectivity index (χ3n) is 1.43. The molecule has 0 aromatic rings. The maximum Gasteiger partial charge on any atom is 0.307 e. The minimum absolute atomic E-state index is 0. The van der Waals surface area contributed by atoms with Crippen LogP contribution in [0.2, 0.25) is 0 Å². The lowest BCUT2D eigenvalue weighted by Gasteiger charge is -2.14. The Morgan fingerprint density at radius 1 is 1.55 bits per heavy atom. The maximum atomic E-state index is 10.4. The summed E-state index contributed by atoms with van der Waals surface area (Å²) in [6.45, 7) is 2.52. The summed E-state index contributed by atoms with van der Waals surface area (Å²) in [5, 5.41) is 8.60. The van der Waals surface area contributed by atoms with Crippen LogP contribution >= 0.6 is 12.4 Å². The van der Waals surface area contributed by atoms with E-state index >= 15 is 0 Å². The first kappa shape index (κ1) is 13.3. The SMILES string of the molecule is CCC(CN(C)C)C(=O)O.Cl. The van der Waals surface area contributed by atoms with Crippen molar-refractivity contribution in [2.45, 2.75) is 13.3 Å². The van der Waals surface area contributed by atoms with Crippen molar-refractivity contribution in [3.8, 4) is 0 Å². The van der Waals surface area contributed by atoms with Crippen molar-refractivity contribution in [1.29, 1.82) is 0 Å². The molecule has 1 unspecified atom stereocenters. The summed E-state index contributed by atoms with van der Waals surface area (Å²) < 4.78 is 0. The van der Waals surface area contributed by atoms with Gasteiger partial charge in [-0.15, -0.1) is 12.4 Å². The van der Waals surface area contributed by atoms with Crippen molar-refractivity contribution in [3.05, 3.63) is 0 Å². The zero-order chi connectivity index (χ0) is 8.15. The standard InChI is InChI=1S/C7H15NO2.ClH/c1-4-6(7(9)10)5-8(2)3;/h6H,4-5H2,1-3H3,(H,9,10);1H. The van der Waals surface area contributed by atoms with Crippen LogP contribution in [0, 0.1) is 5.92 Å². The minimum Gasteiger partial charge on any atom is -0.481 e. The predicted molar refractivity (Wildman–Crippen MR) is 47.2 cm³/mol. The molecule has 4 heteroatoms. The number of nitrogens with zero attached hydrogens (tertiary/aromatic N) is 1. The third-order valence-corrected chi connectivity index (χ3v) is 1.43. The Hall–Kier alpha value is -0.280. The van der Waals surface area contributed by atoms with Crippen LogP contribution in [0.3, 0.4) is 0 Å². The highest BCUT2D eigenvalue weighted by Crippen LogP contribution is 2.02. The van der Waals surface area contributed by atoms with Crippen molar-refractivity contribution in [2.24, 2.45) is 5.92 Å². The van der Waals surface area contributed by atoms with Gasteiger partial charge in [0.15, 0.2) is 0 Å². The van der Waals surface area contributed by atoms with Crippen LogP contribution < -0.4 is 0 Å². The topological polar surface area (TPSA) is 40.5 Å². The number of hydrogen-bond acceptors (Lipinski definition) is 2. The molecule has 3 nitrogen and oxygen atoms in total. The van der Waals surface area contributed by atoms with Gasteiger partial charge >= 0.3 is 5.97 Å². The molecule has 11 heavy (non-hydrogen) atoms. The molecule has 0 aromatic carbocycles. The second kappa shape index (κ2) is 6.43. The van der Waals surface area contributed by atoms with Crippen LogP contribution in [0.15, 0.2) is 0 Å². The molecule has 0 spiro atoms. The van der Waals surface area contributed by atoms with Crippen LogP contribution in [0.25, 0.3) is 0 Å². The van der Waals surface area contributed by atoms with Crippen molar-refractivity contribution in [1.82, 2.24) is 4.90 Å². The van der Waals surface area contributed by atoms with E-state index in [4.69, 9.17) is 5.11 Å². The van der Waals surface area contributed by atoms with E-state index in [2.05, 4.69) is 0 Å². The average molecular weight is 182 g/mol. The molecule has 0 aliphatic heterocycles. The summed E-state index contributed by atoms with van der Waals surface area (Å²) in [5.74, 6) is -0.911. The first-order valence-corrected chi connectivity index (χ1v) is 3.45. The first-order valence-electron chi connectivity index (χ1n) is 3.45. The second-order valence-corrected chi connectivity index (χ2v) is 2.71. The Balaban J connectivity index is 0. The van der Waals surface area contributed by atoms with E-state index in [1.165, 1.54) is 0 Å². The van der Waals surface area contributed by atoms with E-state index in [1.807, 2.05) is 25.9 Å². The minimum atomic E-state index is -0.698. The van der Waals surface area contributed by atoms with Gasteiger partial charge in [-0.25, -0.2) is 0 Å². The summed E-state index contributed by atoms with van der Waals surface area (Å²) >= 11 is 0. The van der Waals surface area contributed by atoms with Gasteiger partial charge in [-0.2, -0.15) is 0 Å². The van der Waals surface area contributed by atoms with Gasteiger partial charge < -0.3 is 10.0 Å². The molecular weight excluding hydrogens is 166 g/mol. The van der Waals surface area contributed by atoms with Crippen molar-refractivity contribution < 1.29 is 9.90 Å². The molecule has 0 aliphatic rings. The van der Waals surface area contributed by atoms with Gasteiger partial charge in [0.05, 0.1) is 5.92 Å². The van der Waals surface area contributed by atoms with Crippen molar-refractivity contribution in [2.75, 3.05) is 20.6 Å². The largest absolute Gasteiger partial charge is 0.481 e. The van der Waals surface area contributed by atoms with E-state index < -0.39 is 5.97 Å². The molecule has 0 heterocycles. The lowest BCUT2D eigenvalue weighted by molar-refractivity contribution is -0.142. The predicted octanol–water partition coefficient (Wildman–Crippen LogP) is 1.08. The van der Waals surface area contributed by atoms with Gasteiger partial charge in [0, 0.05) is 6.54 Å². The van der Waals surface area contributed by atoms with Crippen LogP contribution in [0.4, 0.5) is 0 Å². The number of carboxylic acids is 1. The lowest BCUT2D eigenvalue weighted by atomic mass is 10.1. The van der Waals surface area contributed by atoms with E-state index in [0.29, 0.717) is 13.0 Å². The fourth-order valence-corrected chi connectivity index (χ4v) is 0.823. The third kappa shape index (κ3) is 6.13. The summed E-state index contributed by atoms with van der Waals surface area (Å²) in [5.41, 5.74) is 0. The average Bonchev–Trinajstić information content (AvgIpc) is 1.81. The Kier molecular flexibility index (Phi) is 7.79. The van der Waals surface area contributed by atoms with Crippen LogP contribution in [0.1, 0.15) is 13.3 Å². The monoisotopic (exact) mass is 181 g/mol. The fraction of sp³-hybridized carbons (Fsp3) is 0.857. The summed E-state index contributed by atoms with van der Waals surface area (Å²) in [6.07, 6.45) is 0.702. The highest BCUT2D eigenvalue weighted by molar-refractivity contribution is 5.85. The summed E-state index contributed by atoms with van der Waals surface area (Å²) in [4.78, 5) is 12.3. The molecule has 0 rings (SSSR count). The van der Waals surface area contributed by atoms with Crippen molar-refractivity contribution >= 4 is 18.4 Å². The van der Waals surface area contributed by atoms with Crippen LogP contribution in [0.5, 0.6) is 0 Å². The van der Waals surface area contributed by atoms with Gasteiger partial charge in [0.25, 0.3) is 0 Å². The lowest BCUT2D eigenvalue weighted by Crippen LogP contribution is -2.26. The number of carboxylic acid groups (broad SMARTS) is 1. The van der Waals surface area contributed by atoms with E-state index in [9.17, 15) is 4.79 Å². The van der Waals surface area contributed by atoms with Crippen molar-refractivity contribution in [3.63, 3.8) is 0 Å². The molecule has 0 saturated carbocycles.